The maximum atomic E-state index is 9.78. The van der Waals surface area contributed by atoms with Gasteiger partial charge in [0.2, 0.25) is 51.9 Å². The van der Waals surface area contributed by atoms with E-state index in [1.165, 1.54) is 56.9 Å². The van der Waals surface area contributed by atoms with Crippen molar-refractivity contribution >= 4 is 165 Å². The summed E-state index contributed by atoms with van der Waals surface area (Å²) in [4.78, 5) is 104. The highest BCUT2D eigenvalue weighted by molar-refractivity contribution is 9.08. The van der Waals surface area contributed by atoms with Gasteiger partial charge in [0, 0.05) is 56.5 Å². The van der Waals surface area contributed by atoms with Gasteiger partial charge in [-0.15, -0.1) is 11.6 Å². The summed E-state index contributed by atoms with van der Waals surface area (Å²) in [6, 6.07) is 68.7. The van der Waals surface area contributed by atoms with E-state index in [0.29, 0.717) is 65.1 Å². The largest absolute Gasteiger partial charge is 0.468 e. The molecule has 7 aromatic rings. The van der Waals surface area contributed by atoms with Gasteiger partial charge in [0.05, 0.1) is 13.8 Å². The van der Waals surface area contributed by atoms with Crippen LogP contribution < -0.4 is 0 Å². The normalized spacial score (nSPS) is 9.78. The summed E-state index contributed by atoms with van der Waals surface area (Å²) in [7, 11) is 1.92. The molecule has 0 unspecified atom stereocenters. The van der Waals surface area contributed by atoms with Crippen LogP contribution in [0.5, 0.6) is 0 Å². The Kier molecular flexibility index (Phi) is 102. The number of halogens is 3. The van der Waals surface area contributed by atoms with Gasteiger partial charge in [-0.2, -0.15) is 0 Å². The Morgan fingerprint density at radius 1 is 0.350 bits per heavy atom. The van der Waals surface area contributed by atoms with Crippen molar-refractivity contribution in [1.82, 2.24) is 0 Å². The molecular weight excluding hydrogens is 1390 g/mol. The van der Waals surface area contributed by atoms with E-state index in [9.17, 15) is 42.7 Å². The minimum Gasteiger partial charge on any atom is -0.468 e. The predicted octanol–water partition coefficient (Wildman–Crippen LogP) is 17.7. The molecule has 0 saturated carbocycles. The van der Waals surface area contributed by atoms with Crippen molar-refractivity contribution in [2.45, 2.75) is 27.7 Å². The molecule has 0 aromatic heterocycles. The number of carbonyl (C=O) groups is 8. The third kappa shape index (κ3) is 89.7. The molecule has 0 aliphatic carbocycles. The molecule has 0 saturated heterocycles. The summed E-state index contributed by atoms with van der Waals surface area (Å²) in [5, 5.41) is 7.57. The average molecular weight is 1490 g/mol. The molecule has 0 fully saturated rings. The first-order valence-corrected chi connectivity index (χ1v) is 33.0. The van der Waals surface area contributed by atoms with Gasteiger partial charge in [-0.25, -0.2) is 41.5 Å². The van der Waals surface area contributed by atoms with Crippen LogP contribution in [0.4, 0.5) is 4.39 Å². The van der Waals surface area contributed by atoms with E-state index >= 15 is 0 Å². The second kappa shape index (κ2) is 101. The number of nitrogens with zero attached hydrogens (tertiary/aromatic N) is 8. The monoisotopic (exact) mass is 1480 g/mol. The highest BCUT2D eigenvalue weighted by Gasteiger charge is 1.85. The summed E-state index contributed by atoms with van der Waals surface area (Å²) in [6.07, 6.45) is 40.5. The van der Waals surface area contributed by atoms with Gasteiger partial charge in [-0.3, -0.25) is 42.7 Å². The Morgan fingerprint density at radius 3 is 0.544 bits per heavy atom. The second-order valence-corrected chi connectivity index (χ2v) is 16.3. The van der Waals surface area contributed by atoms with E-state index in [4.69, 9.17) is 11.7 Å². The molecule has 7 amide bonds. The first kappa shape index (κ1) is 104. The molecule has 7 aromatic carbocycles. The molecule has 1 N–H and O–H groups in total. The molecule has 0 bridgehead atoms. The second-order valence-electron chi connectivity index (χ2n) is 16.3. The highest BCUT2D eigenvalue weighted by atomic mass is 79.9. The van der Waals surface area contributed by atoms with E-state index in [1.807, 2.05) is 275 Å². The van der Waals surface area contributed by atoms with Crippen molar-refractivity contribution in [2.75, 3.05) is 39.7 Å². The molecule has 0 radical (unpaired) electrons. The van der Waals surface area contributed by atoms with Gasteiger partial charge in [0.1, 0.15) is 0 Å². The lowest BCUT2D eigenvalue weighted by Crippen LogP contribution is -1.80. The fraction of sp³-hybridized carbons (Fsp3) is 0.122. The molecule has 0 atom stereocenters. The summed E-state index contributed by atoms with van der Waals surface area (Å²) in [6.45, 7) is 14.4. The van der Waals surface area contributed by atoms with Crippen LogP contribution in [0, 0.1) is 6.57 Å². The molecule has 0 aliphatic heterocycles. The fourth-order valence-corrected chi connectivity index (χ4v) is 5.69. The van der Waals surface area contributed by atoms with Crippen molar-refractivity contribution in [3.05, 3.63) is 305 Å². The quantitative estimate of drug-likeness (QED) is 0.0274. The SMILES string of the molecule is CBr.CC.CCO.CCOC=O.CCl.CF.O=CN=C/C=C/c1ccccc1.O=CN=C/C=C/c1ccccc1.O=CN=C/C=C/c1ccccc1.O=CN=C/C=C/c1ccccc1.O=CN=C/C=C/c1ccccc1.O=CN=C/C=C/c1ccccc1.O=CN=C/C=C/c1ccccc1.[C-]#[N+]C. The van der Waals surface area contributed by atoms with Gasteiger partial charge in [0.15, 0.2) is 0 Å². The number of aliphatic hydroxyl groups is 1. The number of aliphatic imine (C=N–C) groups is 7. The topological polar surface area (TPSA) is 257 Å². The smallest absolute Gasteiger partial charge is 0.293 e. The predicted molar refractivity (Wildman–Crippen MR) is 438 cm³/mol. The number of allylic oxidation sites excluding steroid dienone is 7. The molecule has 7 rings (SSSR count). The number of alkyl halides is 3. The minimum atomic E-state index is 0.250. The van der Waals surface area contributed by atoms with E-state index in [1.54, 1.807) is 56.4 Å². The molecule has 0 spiro atoms. The van der Waals surface area contributed by atoms with Crippen LogP contribution in [0.2, 0.25) is 0 Å². The summed E-state index contributed by atoms with van der Waals surface area (Å²) in [5.74, 6) is 1.81. The highest BCUT2D eigenvalue weighted by Crippen LogP contribution is 2.04. The van der Waals surface area contributed by atoms with Crippen molar-refractivity contribution in [3.8, 4) is 0 Å². The van der Waals surface area contributed by atoms with Crippen LogP contribution >= 0.6 is 27.5 Å². The summed E-state index contributed by atoms with van der Waals surface area (Å²) in [5.41, 5.74) is 7.65. The van der Waals surface area contributed by atoms with Gasteiger partial charge in [-0.1, -0.05) is 285 Å². The average Bonchev–Trinajstić information content (AvgIpc) is 3.47. The van der Waals surface area contributed by atoms with Gasteiger partial charge >= 0.3 is 0 Å². The number of aliphatic hydroxyl groups excluding tert-OH is 1. The Morgan fingerprint density at radius 2 is 0.466 bits per heavy atom. The van der Waals surface area contributed by atoms with Crippen LogP contribution in [0.3, 0.4) is 0 Å². The fourth-order valence-electron chi connectivity index (χ4n) is 5.69. The first-order chi connectivity index (χ1) is 50.8. The molecule has 542 valence electrons. The number of hydrogen-bond donors (Lipinski definition) is 1. The molecule has 0 aliphatic rings. The van der Waals surface area contributed by atoms with Crippen molar-refractivity contribution < 1.29 is 52.6 Å². The molecule has 103 heavy (non-hydrogen) atoms. The zero-order valence-corrected chi connectivity index (χ0v) is 61.5. The van der Waals surface area contributed by atoms with E-state index in [0.717, 1.165) is 38.9 Å². The Labute approximate surface area is 621 Å². The summed E-state index contributed by atoms with van der Waals surface area (Å²) >= 11 is 7.58. The third-order valence-corrected chi connectivity index (χ3v) is 9.48. The zero-order valence-electron chi connectivity index (χ0n) is 59.2. The Balaban J connectivity index is -0.000000200. The summed E-state index contributed by atoms with van der Waals surface area (Å²) < 4.78 is 13.7. The number of hydrogen-bond acceptors (Lipinski definition) is 10. The maximum absolute atomic E-state index is 9.78. The first-order valence-electron chi connectivity index (χ1n) is 30.6. The lowest BCUT2D eigenvalue weighted by atomic mass is 10.2. The lowest BCUT2D eigenvalue weighted by Gasteiger charge is -1.87. The van der Waals surface area contributed by atoms with Crippen LogP contribution in [0.1, 0.15) is 66.6 Å². The lowest BCUT2D eigenvalue weighted by molar-refractivity contribution is -0.128. The van der Waals surface area contributed by atoms with Crippen LogP contribution in [0.25, 0.3) is 47.4 Å². The van der Waals surface area contributed by atoms with Gasteiger partial charge < -0.3 is 14.7 Å². The number of ether oxygens (including phenoxy) is 1. The van der Waals surface area contributed by atoms with Crippen molar-refractivity contribution in [3.63, 3.8) is 0 Å². The van der Waals surface area contributed by atoms with E-state index in [2.05, 4.69) is 72.1 Å². The maximum Gasteiger partial charge on any atom is 0.293 e. The van der Waals surface area contributed by atoms with Crippen molar-refractivity contribution in [1.29, 1.82) is 0 Å². The molecule has 21 heteroatoms. The molecule has 0 heterocycles. The number of carbonyl (C=O) groups excluding carboxylic acids is 8. The minimum absolute atomic E-state index is 0.250. The van der Waals surface area contributed by atoms with Crippen LogP contribution in [0.15, 0.2) is 290 Å². The van der Waals surface area contributed by atoms with Crippen LogP contribution in [-0.2, 0) is 43.1 Å². The Bertz CT molecular complexity index is 2890. The standard InChI is InChI=1S/7C10H9NO.C3H6O2.C2H3N.C2H6O.C2H6.CH3Br.CH3Cl.CH3F/c7*12-9-11-8-4-7-10-5-2-1-3-6-10;1-2-5-3-4;1-3-2;1-2-3;4*1-2/h7*1-9H;3H,2H2,1H3;1H3;3H,2H2,1H3;1-2H3;3*1H3/b7*7-4+,11-8?;;;;;;;. The van der Waals surface area contributed by atoms with E-state index < -0.39 is 0 Å². The number of rotatable bonds is 23. The van der Waals surface area contributed by atoms with E-state index in [-0.39, 0.29) is 6.61 Å². The van der Waals surface area contributed by atoms with Gasteiger partial charge in [0.25, 0.3) is 6.47 Å². The third-order valence-electron chi connectivity index (χ3n) is 9.48. The number of amides is 7. The van der Waals surface area contributed by atoms with Crippen LogP contribution in [-0.4, -0.2) is 140 Å². The Hall–Kier alpha value is -12.3. The number of benzene rings is 7. The van der Waals surface area contributed by atoms with Gasteiger partial charge in [-0.05, 0) is 101 Å². The van der Waals surface area contributed by atoms with Crippen molar-refractivity contribution in [2.24, 2.45) is 34.9 Å². The zero-order chi connectivity index (χ0) is 78.1. The molecule has 18 nitrogen and oxygen atoms in total. The molecular formula is C82H93BrClFN8O10.